The van der Waals surface area contributed by atoms with Gasteiger partial charge in [0.2, 0.25) is 11.8 Å². The van der Waals surface area contributed by atoms with E-state index in [4.69, 9.17) is 4.52 Å². The summed E-state index contributed by atoms with van der Waals surface area (Å²) in [7, 11) is 0. The maximum atomic E-state index is 11.4. The molecule has 2 aromatic rings. The lowest BCUT2D eigenvalue weighted by Crippen LogP contribution is -2.27. The second-order valence-electron chi connectivity index (χ2n) is 3.22. The van der Waals surface area contributed by atoms with E-state index in [0.29, 0.717) is 11.7 Å². The second kappa shape index (κ2) is 4.56. The van der Waals surface area contributed by atoms with Crippen molar-refractivity contribution in [2.75, 3.05) is 0 Å². The molecule has 0 saturated heterocycles. The minimum absolute atomic E-state index is 0.153. The Kier molecular flexibility index (Phi) is 2.95. The van der Waals surface area contributed by atoms with Crippen molar-refractivity contribution < 1.29 is 9.32 Å². The highest BCUT2D eigenvalue weighted by molar-refractivity contribution is 5.75. The number of aryl methyl sites for hydroxylation is 1. The molecule has 0 aliphatic carbocycles. The molecule has 2 heterocycles. The Morgan fingerprint density at radius 2 is 2.50 bits per heavy atom. The van der Waals surface area contributed by atoms with Crippen LogP contribution in [-0.2, 0) is 17.9 Å². The summed E-state index contributed by atoms with van der Waals surface area (Å²) < 4.78 is 6.39. The number of nitrogens with zero attached hydrogens (tertiary/aromatic N) is 4. The zero-order chi connectivity index (χ0) is 11.4. The Labute approximate surface area is 91.5 Å². The Morgan fingerprint density at radius 1 is 1.62 bits per heavy atom. The van der Waals surface area contributed by atoms with E-state index in [-0.39, 0.29) is 19.0 Å². The zero-order valence-corrected chi connectivity index (χ0v) is 8.75. The molecule has 0 atom stereocenters. The lowest BCUT2D eigenvalue weighted by molar-refractivity contribution is -0.122. The van der Waals surface area contributed by atoms with Crippen LogP contribution in [0.5, 0.6) is 0 Å². The van der Waals surface area contributed by atoms with E-state index in [1.54, 1.807) is 25.4 Å². The number of aromatic nitrogens is 4. The molecule has 0 aromatic carbocycles. The summed E-state index contributed by atoms with van der Waals surface area (Å²) in [5, 5.41) is 10.2. The van der Waals surface area contributed by atoms with Gasteiger partial charge in [0.25, 0.3) is 0 Å². The Balaban J connectivity index is 1.80. The highest BCUT2D eigenvalue weighted by Gasteiger charge is 2.06. The fourth-order valence-corrected chi connectivity index (χ4v) is 1.18. The molecule has 2 rings (SSSR count). The van der Waals surface area contributed by atoms with Crippen molar-refractivity contribution >= 4 is 5.91 Å². The van der Waals surface area contributed by atoms with Crippen LogP contribution < -0.4 is 5.32 Å². The molecule has 2 aromatic heterocycles. The molecule has 16 heavy (non-hydrogen) atoms. The highest BCUT2D eigenvalue weighted by atomic mass is 16.5. The standard InChI is InChI=1S/C9H11N5O2/c1-7-12-9(16-13-7)5-10-8(15)6-14-4-2-3-11-14/h2-4H,5-6H2,1H3,(H,10,15). The van der Waals surface area contributed by atoms with Gasteiger partial charge in [-0.15, -0.1) is 0 Å². The van der Waals surface area contributed by atoms with Gasteiger partial charge in [-0.05, 0) is 13.0 Å². The van der Waals surface area contributed by atoms with Crippen molar-refractivity contribution in [2.45, 2.75) is 20.0 Å². The van der Waals surface area contributed by atoms with Gasteiger partial charge in [-0.1, -0.05) is 5.16 Å². The molecule has 0 aliphatic rings. The maximum absolute atomic E-state index is 11.4. The summed E-state index contributed by atoms with van der Waals surface area (Å²) in [6.45, 7) is 2.14. The van der Waals surface area contributed by atoms with Crippen molar-refractivity contribution in [1.29, 1.82) is 0 Å². The van der Waals surface area contributed by atoms with Gasteiger partial charge in [0.15, 0.2) is 5.82 Å². The quantitative estimate of drug-likeness (QED) is 0.778. The van der Waals surface area contributed by atoms with Crippen LogP contribution in [0, 0.1) is 6.92 Å². The van der Waals surface area contributed by atoms with E-state index in [1.807, 2.05) is 0 Å². The number of amides is 1. The van der Waals surface area contributed by atoms with Crippen molar-refractivity contribution in [2.24, 2.45) is 0 Å². The fraction of sp³-hybridized carbons (Fsp3) is 0.333. The molecule has 0 aliphatic heterocycles. The minimum Gasteiger partial charge on any atom is -0.345 e. The van der Waals surface area contributed by atoms with Crippen LogP contribution in [0.1, 0.15) is 11.7 Å². The average Bonchev–Trinajstić information content (AvgIpc) is 2.87. The number of nitrogens with one attached hydrogen (secondary N) is 1. The predicted octanol–water partition coefficient (Wildman–Crippen LogP) is -0.109. The Morgan fingerprint density at radius 3 is 3.12 bits per heavy atom. The van der Waals surface area contributed by atoms with Crippen LogP contribution in [0.2, 0.25) is 0 Å². The smallest absolute Gasteiger partial charge is 0.246 e. The first-order valence-corrected chi connectivity index (χ1v) is 4.77. The van der Waals surface area contributed by atoms with Crippen molar-refractivity contribution in [3.05, 3.63) is 30.2 Å². The van der Waals surface area contributed by atoms with Gasteiger partial charge in [0, 0.05) is 12.4 Å². The number of hydrogen-bond acceptors (Lipinski definition) is 5. The topological polar surface area (TPSA) is 85.8 Å². The summed E-state index contributed by atoms with van der Waals surface area (Å²) in [5.41, 5.74) is 0. The summed E-state index contributed by atoms with van der Waals surface area (Å²) >= 11 is 0. The molecule has 7 nitrogen and oxygen atoms in total. The predicted molar refractivity (Wildman–Crippen MR) is 53.1 cm³/mol. The summed E-state index contributed by atoms with van der Waals surface area (Å²) in [6.07, 6.45) is 3.34. The number of hydrogen-bond donors (Lipinski definition) is 1. The van der Waals surface area contributed by atoms with E-state index in [0.717, 1.165) is 0 Å². The number of carbonyl (C=O) groups excluding carboxylic acids is 1. The molecule has 1 N–H and O–H groups in total. The lowest BCUT2D eigenvalue weighted by Gasteiger charge is -2.01. The third-order valence-corrected chi connectivity index (χ3v) is 1.87. The van der Waals surface area contributed by atoms with Gasteiger partial charge < -0.3 is 9.84 Å². The second-order valence-corrected chi connectivity index (χ2v) is 3.22. The van der Waals surface area contributed by atoms with Crippen molar-refractivity contribution in [3.63, 3.8) is 0 Å². The fourth-order valence-electron chi connectivity index (χ4n) is 1.18. The number of carbonyl (C=O) groups is 1. The maximum Gasteiger partial charge on any atom is 0.246 e. The molecular formula is C9H11N5O2. The van der Waals surface area contributed by atoms with Crippen molar-refractivity contribution in [3.8, 4) is 0 Å². The van der Waals surface area contributed by atoms with Crippen LogP contribution >= 0.6 is 0 Å². The van der Waals surface area contributed by atoms with Crippen LogP contribution in [0.25, 0.3) is 0 Å². The molecule has 84 valence electrons. The lowest BCUT2D eigenvalue weighted by atomic mass is 10.5. The molecule has 0 radical (unpaired) electrons. The third-order valence-electron chi connectivity index (χ3n) is 1.87. The van der Waals surface area contributed by atoms with Gasteiger partial charge in [-0.25, -0.2) is 0 Å². The first-order valence-electron chi connectivity index (χ1n) is 4.77. The van der Waals surface area contributed by atoms with Gasteiger partial charge in [0.1, 0.15) is 6.54 Å². The van der Waals surface area contributed by atoms with E-state index >= 15 is 0 Å². The van der Waals surface area contributed by atoms with Gasteiger partial charge >= 0.3 is 0 Å². The highest BCUT2D eigenvalue weighted by Crippen LogP contribution is 1.94. The third kappa shape index (κ3) is 2.66. The first kappa shape index (κ1) is 10.3. The molecule has 7 heteroatoms. The van der Waals surface area contributed by atoms with Crippen LogP contribution in [0.3, 0.4) is 0 Å². The van der Waals surface area contributed by atoms with Crippen molar-refractivity contribution in [1.82, 2.24) is 25.2 Å². The largest absolute Gasteiger partial charge is 0.345 e. The first-order chi connectivity index (χ1) is 7.74. The van der Waals surface area contributed by atoms with Crippen LogP contribution in [0.4, 0.5) is 0 Å². The SMILES string of the molecule is Cc1noc(CNC(=O)Cn2cccn2)n1. The van der Waals surface area contributed by atoms with E-state index < -0.39 is 0 Å². The van der Waals surface area contributed by atoms with Gasteiger partial charge in [-0.3, -0.25) is 9.48 Å². The molecule has 0 saturated carbocycles. The molecule has 0 bridgehead atoms. The van der Waals surface area contributed by atoms with E-state index in [9.17, 15) is 4.79 Å². The molecule has 0 fully saturated rings. The van der Waals surface area contributed by atoms with Gasteiger partial charge in [0.05, 0.1) is 6.54 Å². The zero-order valence-electron chi connectivity index (χ0n) is 8.75. The summed E-state index contributed by atoms with van der Waals surface area (Å²) in [4.78, 5) is 15.4. The average molecular weight is 221 g/mol. The summed E-state index contributed by atoms with van der Waals surface area (Å²) in [5.74, 6) is 0.794. The van der Waals surface area contributed by atoms with Crippen LogP contribution in [-0.4, -0.2) is 25.8 Å². The molecule has 0 spiro atoms. The van der Waals surface area contributed by atoms with Crippen LogP contribution in [0.15, 0.2) is 23.0 Å². The summed E-state index contributed by atoms with van der Waals surface area (Å²) in [6, 6.07) is 1.76. The van der Waals surface area contributed by atoms with Gasteiger partial charge in [-0.2, -0.15) is 10.1 Å². The normalized spacial score (nSPS) is 10.3. The number of rotatable bonds is 4. The van der Waals surface area contributed by atoms with E-state index in [2.05, 4.69) is 20.6 Å². The molecular weight excluding hydrogens is 210 g/mol. The molecule has 0 unspecified atom stereocenters. The van der Waals surface area contributed by atoms with E-state index in [1.165, 1.54) is 4.68 Å². The monoisotopic (exact) mass is 221 g/mol. The minimum atomic E-state index is -0.153. The molecule has 1 amide bonds. The Bertz CT molecular complexity index is 462. The Hall–Kier alpha value is -2.18.